The fourth-order valence-corrected chi connectivity index (χ4v) is 4.74. The van der Waals surface area contributed by atoms with E-state index in [1.807, 2.05) is 36.1 Å². The molecule has 1 amide bonds. The lowest BCUT2D eigenvalue weighted by Crippen LogP contribution is -2.39. The molecule has 3 heterocycles. The van der Waals surface area contributed by atoms with Gasteiger partial charge in [-0.2, -0.15) is 5.10 Å². The van der Waals surface area contributed by atoms with Gasteiger partial charge in [0.2, 0.25) is 5.91 Å². The molecule has 1 aromatic heterocycles. The Kier molecular flexibility index (Phi) is 7.17. The van der Waals surface area contributed by atoms with E-state index in [2.05, 4.69) is 25.5 Å². The summed E-state index contributed by atoms with van der Waals surface area (Å²) in [6.07, 6.45) is 2.45. The van der Waals surface area contributed by atoms with E-state index in [9.17, 15) is 4.79 Å². The van der Waals surface area contributed by atoms with Crippen LogP contribution in [-0.2, 0) is 16.1 Å². The van der Waals surface area contributed by atoms with Crippen molar-refractivity contribution in [3.8, 4) is 11.4 Å². The molecule has 0 saturated carbocycles. The highest BCUT2D eigenvalue weighted by Gasteiger charge is 2.30. The largest absolute Gasteiger partial charge is 0.379 e. The number of likely N-dealkylation sites (N-methyl/N-ethyl adjacent to an activating group) is 1. The van der Waals surface area contributed by atoms with E-state index in [0.29, 0.717) is 6.42 Å². The van der Waals surface area contributed by atoms with Gasteiger partial charge in [0.15, 0.2) is 5.82 Å². The van der Waals surface area contributed by atoms with Crippen molar-refractivity contribution in [3.63, 3.8) is 0 Å². The van der Waals surface area contributed by atoms with Crippen LogP contribution in [0.5, 0.6) is 0 Å². The third-order valence-electron chi connectivity index (χ3n) is 6.01. The Morgan fingerprint density at radius 3 is 2.77 bits per heavy atom. The molecule has 1 atom stereocenters. The van der Waals surface area contributed by atoms with Crippen molar-refractivity contribution >= 4 is 21.8 Å². The minimum Gasteiger partial charge on any atom is -0.379 e. The average molecular weight is 476 g/mol. The van der Waals surface area contributed by atoms with Gasteiger partial charge < -0.3 is 9.64 Å². The molecule has 2 aliphatic rings. The van der Waals surface area contributed by atoms with E-state index in [0.717, 1.165) is 87.0 Å². The standard InChI is InChI=1S/C22H30BrN5O2/c1-2-27-16-17(8-9-20(27)29)22-24-21(18-6-3-4-7-19(18)23)25-28(22)11-5-10-26-12-14-30-15-13-26/h3-4,6-7,17H,2,5,8-16H2,1H3. The first kappa shape index (κ1) is 21.5. The second-order valence-electron chi connectivity index (χ2n) is 7.97. The Labute approximate surface area is 186 Å². The Morgan fingerprint density at radius 1 is 1.20 bits per heavy atom. The maximum atomic E-state index is 12.2. The number of rotatable bonds is 7. The van der Waals surface area contributed by atoms with Gasteiger partial charge in [0.1, 0.15) is 5.82 Å². The van der Waals surface area contributed by atoms with Crippen LogP contribution in [-0.4, -0.2) is 76.4 Å². The fraction of sp³-hybridized carbons (Fsp3) is 0.591. The van der Waals surface area contributed by atoms with Crippen molar-refractivity contribution in [2.45, 2.75) is 38.6 Å². The minimum absolute atomic E-state index is 0.231. The lowest BCUT2D eigenvalue weighted by Gasteiger charge is -2.31. The van der Waals surface area contributed by atoms with E-state index in [4.69, 9.17) is 14.8 Å². The van der Waals surface area contributed by atoms with Crippen LogP contribution in [0.3, 0.4) is 0 Å². The molecule has 0 radical (unpaired) electrons. The highest BCUT2D eigenvalue weighted by molar-refractivity contribution is 9.10. The van der Waals surface area contributed by atoms with Crippen LogP contribution in [0.2, 0.25) is 0 Å². The fourth-order valence-electron chi connectivity index (χ4n) is 4.28. The number of carbonyl (C=O) groups is 1. The van der Waals surface area contributed by atoms with E-state index >= 15 is 0 Å². The normalized spacial score (nSPS) is 20.7. The van der Waals surface area contributed by atoms with Crippen molar-refractivity contribution in [3.05, 3.63) is 34.6 Å². The van der Waals surface area contributed by atoms with Crippen molar-refractivity contribution in [2.24, 2.45) is 0 Å². The maximum Gasteiger partial charge on any atom is 0.222 e. The number of likely N-dealkylation sites (tertiary alicyclic amines) is 1. The number of aryl methyl sites for hydroxylation is 1. The molecular weight excluding hydrogens is 446 g/mol. The van der Waals surface area contributed by atoms with Crippen molar-refractivity contribution < 1.29 is 9.53 Å². The summed E-state index contributed by atoms with van der Waals surface area (Å²) in [5.41, 5.74) is 1.00. The van der Waals surface area contributed by atoms with Gasteiger partial charge in [-0.15, -0.1) is 0 Å². The summed E-state index contributed by atoms with van der Waals surface area (Å²) in [6.45, 7) is 9.04. The van der Waals surface area contributed by atoms with Gasteiger partial charge in [-0.25, -0.2) is 9.67 Å². The van der Waals surface area contributed by atoms with Gasteiger partial charge >= 0.3 is 0 Å². The number of halogens is 1. The molecule has 1 aromatic carbocycles. The quantitative estimate of drug-likeness (QED) is 0.615. The topological polar surface area (TPSA) is 63.5 Å². The van der Waals surface area contributed by atoms with Gasteiger partial charge in [-0.05, 0) is 31.9 Å². The second kappa shape index (κ2) is 10.0. The minimum atomic E-state index is 0.231. The van der Waals surface area contributed by atoms with Crippen LogP contribution in [0.15, 0.2) is 28.7 Å². The molecule has 8 heteroatoms. The Bertz CT molecular complexity index is 865. The molecular formula is C22H30BrN5O2. The number of amides is 1. The second-order valence-corrected chi connectivity index (χ2v) is 8.83. The molecule has 162 valence electrons. The lowest BCUT2D eigenvalue weighted by atomic mass is 9.96. The first-order valence-corrected chi connectivity index (χ1v) is 11.7. The summed E-state index contributed by atoms with van der Waals surface area (Å²) < 4.78 is 8.53. The zero-order chi connectivity index (χ0) is 20.9. The number of benzene rings is 1. The van der Waals surface area contributed by atoms with Crippen LogP contribution in [0.4, 0.5) is 0 Å². The molecule has 0 N–H and O–H groups in total. The van der Waals surface area contributed by atoms with Crippen LogP contribution in [0.1, 0.15) is 37.9 Å². The highest BCUT2D eigenvalue weighted by atomic mass is 79.9. The average Bonchev–Trinajstić information content (AvgIpc) is 3.19. The Morgan fingerprint density at radius 2 is 2.00 bits per heavy atom. The number of hydrogen-bond donors (Lipinski definition) is 0. The summed E-state index contributed by atoms with van der Waals surface area (Å²) in [6, 6.07) is 8.08. The van der Waals surface area contributed by atoms with Crippen molar-refractivity contribution in [1.82, 2.24) is 24.6 Å². The monoisotopic (exact) mass is 475 g/mol. The van der Waals surface area contributed by atoms with E-state index in [-0.39, 0.29) is 11.8 Å². The molecule has 30 heavy (non-hydrogen) atoms. The van der Waals surface area contributed by atoms with Crippen molar-refractivity contribution in [2.75, 3.05) is 45.9 Å². The summed E-state index contributed by atoms with van der Waals surface area (Å²) in [5, 5.41) is 4.90. The third kappa shape index (κ3) is 4.92. The van der Waals surface area contributed by atoms with Gasteiger partial charge in [-0.1, -0.05) is 28.1 Å². The van der Waals surface area contributed by atoms with Crippen LogP contribution >= 0.6 is 15.9 Å². The molecule has 7 nitrogen and oxygen atoms in total. The zero-order valence-electron chi connectivity index (χ0n) is 17.6. The van der Waals surface area contributed by atoms with Crippen molar-refractivity contribution in [1.29, 1.82) is 0 Å². The van der Waals surface area contributed by atoms with Gasteiger partial charge in [0.25, 0.3) is 0 Å². The lowest BCUT2D eigenvalue weighted by molar-refractivity contribution is -0.133. The van der Waals surface area contributed by atoms with Gasteiger partial charge in [-0.3, -0.25) is 9.69 Å². The number of carbonyl (C=O) groups excluding carboxylic acids is 1. The molecule has 0 aliphatic carbocycles. The molecule has 2 aliphatic heterocycles. The number of piperidine rings is 1. The third-order valence-corrected chi connectivity index (χ3v) is 6.70. The predicted molar refractivity (Wildman–Crippen MR) is 119 cm³/mol. The van der Waals surface area contributed by atoms with E-state index < -0.39 is 0 Å². The first-order valence-electron chi connectivity index (χ1n) is 10.9. The van der Waals surface area contributed by atoms with Crippen LogP contribution in [0.25, 0.3) is 11.4 Å². The van der Waals surface area contributed by atoms with Gasteiger partial charge in [0, 0.05) is 61.6 Å². The number of nitrogens with zero attached hydrogens (tertiary/aromatic N) is 5. The van der Waals surface area contributed by atoms with Gasteiger partial charge in [0.05, 0.1) is 13.2 Å². The predicted octanol–water partition coefficient (Wildman–Crippen LogP) is 3.16. The molecule has 4 rings (SSSR count). The molecule has 0 bridgehead atoms. The molecule has 1 unspecified atom stereocenters. The summed E-state index contributed by atoms with van der Waals surface area (Å²) in [5.74, 6) is 2.24. The molecule has 2 fully saturated rings. The highest BCUT2D eigenvalue weighted by Crippen LogP contribution is 2.30. The van der Waals surface area contributed by atoms with Crippen LogP contribution < -0.4 is 0 Å². The number of hydrogen-bond acceptors (Lipinski definition) is 5. The van der Waals surface area contributed by atoms with E-state index in [1.54, 1.807) is 0 Å². The van der Waals surface area contributed by atoms with E-state index in [1.165, 1.54) is 0 Å². The summed E-state index contributed by atoms with van der Waals surface area (Å²) in [7, 11) is 0. The van der Waals surface area contributed by atoms with Crippen LogP contribution in [0, 0.1) is 0 Å². The molecule has 2 aromatic rings. The molecule has 0 spiro atoms. The smallest absolute Gasteiger partial charge is 0.222 e. The summed E-state index contributed by atoms with van der Waals surface area (Å²) in [4.78, 5) is 21.5. The Balaban J connectivity index is 1.54. The Hall–Kier alpha value is -1.77. The first-order chi connectivity index (χ1) is 14.7. The zero-order valence-corrected chi connectivity index (χ0v) is 19.2. The molecule has 2 saturated heterocycles. The maximum absolute atomic E-state index is 12.2. The number of aromatic nitrogens is 3. The number of morpholine rings is 1. The number of ether oxygens (including phenoxy) is 1. The summed E-state index contributed by atoms with van der Waals surface area (Å²) >= 11 is 3.64. The SMILES string of the molecule is CCN1CC(c2nc(-c3ccccc3Br)nn2CCCN2CCOCC2)CCC1=O.